The highest BCUT2D eigenvalue weighted by molar-refractivity contribution is 6.93. The molecule has 4 heteroatoms. The summed E-state index contributed by atoms with van der Waals surface area (Å²) in [5, 5.41) is 10.6. The fourth-order valence-electron chi connectivity index (χ4n) is 4.16. The van der Waals surface area contributed by atoms with Gasteiger partial charge in [-0.1, -0.05) is 71.9 Å². The quantitative estimate of drug-likeness (QED) is 0.784. The molecule has 1 atom stereocenters. The molecule has 0 aliphatic carbocycles. The number of aliphatic hydroxyl groups is 1. The molecular weight excluding hydrogens is 302 g/mol. The van der Waals surface area contributed by atoms with E-state index in [2.05, 4.69) is 41.5 Å². The third-order valence-electron chi connectivity index (χ3n) is 5.15. The molecule has 0 radical (unpaired) electrons. The van der Waals surface area contributed by atoms with E-state index in [9.17, 15) is 5.11 Å². The van der Waals surface area contributed by atoms with Gasteiger partial charge in [0.05, 0.1) is 0 Å². The maximum atomic E-state index is 10.6. The zero-order valence-corrected chi connectivity index (χ0v) is 16.1. The lowest BCUT2D eigenvalue weighted by Crippen LogP contribution is -2.56. The van der Waals surface area contributed by atoms with Crippen molar-refractivity contribution in [3.8, 4) is 0 Å². The van der Waals surface area contributed by atoms with Crippen LogP contribution in [0, 0.1) is 0 Å². The van der Waals surface area contributed by atoms with Crippen LogP contribution >= 0.6 is 0 Å². The van der Waals surface area contributed by atoms with Crippen molar-refractivity contribution in [1.29, 1.82) is 0 Å². The Morgan fingerprint density at radius 3 is 1.91 bits per heavy atom. The Morgan fingerprint density at radius 2 is 1.43 bits per heavy atom. The maximum absolute atomic E-state index is 10.6. The lowest BCUT2D eigenvalue weighted by Gasteiger charge is -2.39. The van der Waals surface area contributed by atoms with Crippen molar-refractivity contribution in [2.75, 3.05) is 0 Å². The second-order valence-electron chi connectivity index (χ2n) is 7.29. The lowest BCUT2D eigenvalue weighted by atomic mass is 10.1. The van der Waals surface area contributed by atoms with E-state index < -0.39 is 14.2 Å². The summed E-state index contributed by atoms with van der Waals surface area (Å²) < 4.78 is 5.95. The highest BCUT2D eigenvalue weighted by Gasteiger charge is 2.49. The van der Waals surface area contributed by atoms with Crippen molar-refractivity contribution in [3.63, 3.8) is 0 Å². The van der Waals surface area contributed by atoms with Crippen LogP contribution in [0.2, 0.25) is 16.6 Å². The van der Waals surface area contributed by atoms with E-state index in [-0.39, 0.29) is 0 Å². The van der Waals surface area contributed by atoms with Crippen molar-refractivity contribution >= 4 is 13.6 Å². The summed E-state index contributed by atoms with van der Waals surface area (Å²) in [6.07, 6.45) is 0.911. The first-order chi connectivity index (χ1) is 10.8. The molecule has 23 heavy (non-hydrogen) atoms. The molecule has 1 aromatic heterocycles. The first-order valence-electron chi connectivity index (χ1n) is 8.50. The summed E-state index contributed by atoms with van der Waals surface area (Å²) in [7, 11) is -1.92. The number of oxazole rings is 1. The Morgan fingerprint density at radius 1 is 0.913 bits per heavy atom. The molecule has 1 N–H and O–H groups in total. The van der Waals surface area contributed by atoms with Crippen LogP contribution in [0.4, 0.5) is 0 Å². The number of hydrogen-bond donors (Lipinski definition) is 1. The molecule has 1 unspecified atom stereocenters. The predicted octanol–water partition coefficient (Wildman–Crippen LogP) is 4.64. The van der Waals surface area contributed by atoms with E-state index in [1.807, 2.05) is 30.3 Å². The van der Waals surface area contributed by atoms with Crippen LogP contribution in [0.3, 0.4) is 0 Å². The maximum Gasteiger partial charge on any atom is 0.167 e. The molecule has 0 aliphatic heterocycles. The standard InChI is InChI=1S/C19H29NO2Si/c1-13(2)23(14(3)4,15(5)6)19-20-17(12-22-19)18(21)16-10-8-7-9-11-16/h7-15,18,21H,1-6H3. The second kappa shape index (κ2) is 7.01. The Hall–Kier alpha value is -1.39. The number of aromatic nitrogens is 1. The summed E-state index contributed by atoms with van der Waals surface area (Å²) in [5.74, 6) is 0. The van der Waals surface area contributed by atoms with Crippen LogP contribution in [0.25, 0.3) is 0 Å². The molecule has 0 aliphatic rings. The Labute approximate surface area is 140 Å². The number of aliphatic hydroxyl groups excluding tert-OH is 1. The smallest absolute Gasteiger partial charge is 0.167 e. The van der Waals surface area contributed by atoms with Gasteiger partial charge < -0.3 is 9.52 Å². The molecule has 0 bridgehead atoms. The average molecular weight is 332 g/mol. The summed E-state index contributed by atoms with van der Waals surface area (Å²) >= 11 is 0. The zero-order valence-electron chi connectivity index (χ0n) is 15.1. The molecule has 0 fully saturated rings. The molecule has 1 aromatic carbocycles. The minimum absolute atomic E-state index is 0.530. The molecule has 0 spiro atoms. The highest BCUT2D eigenvalue weighted by Crippen LogP contribution is 2.41. The minimum Gasteiger partial charge on any atom is -0.454 e. The monoisotopic (exact) mass is 331 g/mol. The van der Waals surface area contributed by atoms with Gasteiger partial charge in [0.1, 0.15) is 18.1 Å². The number of nitrogens with zero attached hydrogens (tertiary/aromatic N) is 1. The van der Waals surface area contributed by atoms with E-state index in [4.69, 9.17) is 9.40 Å². The van der Waals surface area contributed by atoms with Crippen molar-refractivity contribution < 1.29 is 9.52 Å². The Kier molecular flexibility index (Phi) is 5.47. The SMILES string of the molecule is CC(C)[Si](c1nc(C(O)c2ccccc2)co1)(C(C)C)C(C)C. The van der Waals surface area contributed by atoms with Gasteiger partial charge >= 0.3 is 0 Å². The summed E-state index contributed by atoms with van der Waals surface area (Å²) in [6, 6.07) is 9.62. The van der Waals surface area contributed by atoms with Crippen LogP contribution in [-0.2, 0) is 0 Å². The van der Waals surface area contributed by atoms with Gasteiger partial charge in [0.25, 0.3) is 0 Å². The van der Waals surface area contributed by atoms with E-state index in [0.717, 1.165) is 11.1 Å². The summed E-state index contributed by atoms with van der Waals surface area (Å²) in [4.78, 5) is 4.77. The van der Waals surface area contributed by atoms with Crippen molar-refractivity contribution in [1.82, 2.24) is 4.98 Å². The third-order valence-corrected chi connectivity index (χ3v) is 11.9. The zero-order chi connectivity index (χ0) is 17.2. The van der Waals surface area contributed by atoms with Gasteiger partial charge in [-0.3, -0.25) is 0 Å². The minimum atomic E-state index is -1.92. The molecule has 2 rings (SSSR count). The fourth-order valence-corrected chi connectivity index (χ4v) is 10.2. The van der Waals surface area contributed by atoms with Gasteiger partial charge in [-0.2, -0.15) is 0 Å². The van der Waals surface area contributed by atoms with Crippen LogP contribution in [-0.4, -0.2) is 18.2 Å². The van der Waals surface area contributed by atoms with E-state index in [0.29, 0.717) is 22.3 Å². The summed E-state index contributed by atoms with van der Waals surface area (Å²) in [6.45, 7) is 13.7. The lowest BCUT2D eigenvalue weighted by molar-refractivity contribution is 0.215. The number of rotatable bonds is 6. The van der Waals surface area contributed by atoms with Gasteiger partial charge in [-0.25, -0.2) is 4.98 Å². The largest absolute Gasteiger partial charge is 0.454 e. The first-order valence-corrected chi connectivity index (χ1v) is 10.7. The molecule has 2 aromatic rings. The highest BCUT2D eigenvalue weighted by atomic mass is 28.3. The van der Waals surface area contributed by atoms with Gasteiger partial charge in [0.15, 0.2) is 13.6 Å². The molecule has 126 valence electrons. The third kappa shape index (κ3) is 3.15. The normalized spacial score (nSPS) is 14.0. The molecule has 0 saturated heterocycles. The molecule has 0 saturated carbocycles. The Balaban J connectivity index is 2.43. The van der Waals surface area contributed by atoms with Crippen LogP contribution in [0.5, 0.6) is 0 Å². The molecule has 0 amide bonds. The Bertz CT molecular complexity index is 598. The van der Waals surface area contributed by atoms with Crippen molar-refractivity contribution in [3.05, 3.63) is 47.9 Å². The van der Waals surface area contributed by atoms with E-state index in [1.165, 1.54) is 0 Å². The average Bonchev–Trinajstić information content (AvgIpc) is 2.96. The van der Waals surface area contributed by atoms with Crippen molar-refractivity contribution in [2.45, 2.75) is 64.3 Å². The van der Waals surface area contributed by atoms with Gasteiger partial charge in [0, 0.05) is 0 Å². The van der Waals surface area contributed by atoms with Gasteiger partial charge in [-0.15, -0.1) is 0 Å². The van der Waals surface area contributed by atoms with Gasteiger partial charge in [0.2, 0.25) is 0 Å². The van der Waals surface area contributed by atoms with Crippen molar-refractivity contribution in [2.24, 2.45) is 0 Å². The molecule has 1 heterocycles. The number of benzene rings is 1. The van der Waals surface area contributed by atoms with E-state index in [1.54, 1.807) is 6.26 Å². The molecule has 3 nitrogen and oxygen atoms in total. The molecular formula is C19H29NO2Si. The predicted molar refractivity (Wildman–Crippen MR) is 97.7 cm³/mol. The van der Waals surface area contributed by atoms with Crippen LogP contribution in [0.1, 0.15) is 58.9 Å². The topological polar surface area (TPSA) is 46.3 Å². The van der Waals surface area contributed by atoms with Crippen LogP contribution < -0.4 is 5.51 Å². The number of hydrogen-bond acceptors (Lipinski definition) is 3. The first kappa shape index (κ1) is 18.0. The summed E-state index contributed by atoms with van der Waals surface area (Å²) in [5.41, 5.74) is 3.93. The van der Waals surface area contributed by atoms with Crippen LogP contribution in [0.15, 0.2) is 41.0 Å². The van der Waals surface area contributed by atoms with E-state index >= 15 is 0 Å². The van der Waals surface area contributed by atoms with Gasteiger partial charge in [-0.05, 0) is 22.2 Å². The fraction of sp³-hybridized carbons (Fsp3) is 0.526. The second-order valence-corrected chi connectivity index (χ2v) is 13.0.